The topological polar surface area (TPSA) is 58.2 Å². The summed E-state index contributed by atoms with van der Waals surface area (Å²) in [6, 6.07) is 12.9. The summed E-state index contributed by atoms with van der Waals surface area (Å²) >= 11 is 0. The highest BCUT2D eigenvalue weighted by Crippen LogP contribution is 2.19. The number of hydrogen-bond donors (Lipinski definition) is 2. The van der Waals surface area contributed by atoms with Crippen molar-refractivity contribution in [3.63, 3.8) is 0 Å². The van der Waals surface area contributed by atoms with Crippen molar-refractivity contribution in [2.75, 3.05) is 0 Å². The van der Waals surface area contributed by atoms with Gasteiger partial charge in [-0.15, -0.1) is 0 Å². The maximum Gasteiger partial charge on any atom is 0.252 e. The van der Waals surface area contributed by atoms with Crippen molar-refractivity contribution < 1.29 is 9.59 Å². The van der Waals surface area contributed by atoms with Gasteiger partial charge in [-0.2, -0.15) is 0 Å². The second kappa shape index (κ2) is 8.85. The van der Waals surface area contributed by atoms with E-state index in [9.17, 15) is 9.59 Å². The molecule has 0 spiro atoms. The van der Waals surface area contributed by atoms with Crippen molar-refractivity contribution in [2.45, 2.75) is 53.6 Å². The van der Waals surface area contributed by atoms with Crippen molar-refractivity contribution in [3.8, 4) is 0 Å². The van der Waals surface area contributed by atoms with Crippen molar-refractivity contribution >= 4 is 11.8 Å². The average molecular weight is 367 g/mol. The first-order chi connectivity index (χ1) is 12.7. The number of aryl methyl sites for hydroxylation is 3. The molecule has 0 bridgehead atoms. The van der Waals surface area contributed by atoms with Gasteiger partial charge >= 0.3 is 0 Å². The fourth-order valence-electron chi connectivity index (χ4n) is 3.19. The molecule has 0 saturated carbocycles. The molecular formula is C23H30N2O2. The Morgan fingerprint density at radius 2 is 1.52 bits per heavy atom. The third-order valence-corrected chi connectivity index (χ3v) is 4.89. The molecule has 0 aromatic heterocycles. The molecule has 27 heavy (non-hydrogen) atoms. The summed E-state index contributed by atoms with van der Waals surface area (Å²) in [6.07, 6.45) is 0. The minimum atomic E-state index is -0.593. The summed E-state index contributed by atoms with van der Waals surface area (Å²) < 4.78 is 0. The van der Waals surface area contributed by atoms with E-state index in [1.54, 1.807) is 6.07 Å². The van der Waals surface area contributed by atoms with E-state index >= 15 is 0 Å². The van der Waals surface area contributed by atoms with Crippen LogP contribution in [0.15, 0.2) is 42.5 Å². The smallest absolute Gasteiger partial charge is 0.252 e. The first-order valence-corrected chi connectivity index (χ1v) is 9.44. The summed E-state index contributed by atoms with van der Waals surface area (Å²) in [5.74, 6) is -0.412. The molecule has 0 fully saturated rings. The highest BCUT2D eigenvalue weighted by molar-refractivity contribution is 5.98. The fraction of sp³-hybridized carbons (Fsp3) is 0.391. The van der Waals surface area contributed by atoms with Crippen LogP contribution in [0.5, 0.6) is 0 Å². The average Bonchev–Trinajstić information content (AvgIpc) is 2.61. The lowest BCUT2D eigenvalue weighted by Gasteiger charge is -2.25. The maximum absolute atomic E-state index is 12.9. The first kappa shape index (κ1) is 20.7. The van der Waals surface area contributed by atoms with Gasteiger partial charge in [0.1, 0.15) is 6.04 Å². The molecular weight excluding hydrogens is 336 g/mol. The highest BCUT2D eigenvalue weighted by atomic mass is 16.2. The molecule has 2 aromatic rings. The van der Waals surface area contributed by atoms with E-state index in [0.29, 0.717) is 5.56 Å². The normalized spacial score (nSPS) is 13.1. The Labute approximate surface area is 162 Å². The summed E-state index contributed by atoms with van der Waals surface area (Å²) in [4.78, 5) is 25.5. The van der Waals surface area contributed by atoms with Crippen LogP contribution in [-0.2, 0) is 4.79 Å². The van der Waals surface area contributed by atoms with Gasteiger partial charge < -0.3 is 10.6 Å². The van der Waals surface area contributed by atoms with Crippen LogP contribution in [0, 0.1) is 26.7 Å². The predicted octanol–water partition coefficient (Wildman–Crippen LogP) is 4.24. The molecule has 0 aliphatic carbocycles. The van der Waals surface area contributed by atoms with Crippen molar-refractivity contribution in [1.82, 2.24) is 10.6 Å². The zero-order valence-electron chi connectivity index (χ0n) is 17.1. The van der Waals surface area contributed by atoms with Crippen LogP contribution >= 0.6 is 0 Å². The van der Waals surface area contributed by atoms with E-state index < -0.39 is 6.04 Å². The molecule has 2 rings (SSSR count). The molecule has 0 aliphatic rings. The monoisotopic (exact) mass is 366 g/mol. The van der Waals surface area contributed by atoms with Crippen molar-refractivity contribution in [3.05, 3.63) is 70.3 Å². The molecule has 2 atom stereocenters. The van der Waals surface area contributed by atoms with Gasteiger partial charge in [-0.1, -0.05) is 55.8 Å². The van der Waals surface area contributed by atoms with E-state index in [1.165, 1.54) is 0 Å². The van der Waals surface area contributed by atoms with Gasteiger partial charge in [0, 0.05) is 5.56 Å². The Morgan fingerprint density at radius 1 is 0.852 bits per heavy atom. The van der Waals surface area contributed by atoms with E-state index in [-0.39, 0.29) is 23.8 Å². The van der Waals surface area contributed by atoms with Crippen LogP contribution in [0.25, 0.3) is 0 Å². The van der Waals surface area contributed by atoms with E-state index in [0.717, 1.165) is 22.3 Å². The van der Waals surface area contributed by atoms with Gasteiger partial charge in [0.05, 0.1) is 6.04 Å². The number of hydrogen-bond acceptors (Lipinski definition) is 2. The summed E-state index contributed by atoms with van der Waals surface area (Å²) in [5, 5.41) is 5.97. The summed E-state index contributed by atoms with van der Waals surface area (Å²) in [5.41, 5.74) is 4.87. The van der Waals surface area contributed by atoms with Crippen LogP contribution in [0.1, 0.15) is 59.4 Å². The first-order valence-electron chi connectivity index (χ1n) is 9.44. The number of carbonyl (C=O) groups is 2. The number of nitrogens with one attached hydrogen (secondary N) is 2. The largest absolute Gasteiger partial charge is 0.348 e. The van der Waals surface area contributed by atoms with Crippen LogP contribution in [0.4, 0.5) is 0 Å². The lowest BCUT2D eigenvalue weighted by Crippen LogP contribution is -2.50. The second-order valence-corrected chi connectivity index (χ2v) is 7.60. The molecule has 0 aliphatic heterocycles. The van der Waals surface area contributed by atoms with E-state index in [2.05, 4.69) is 28.8 Å². The van der Waals surface area contributed by atoms with Crippen molar-refractivity contribution in [2.24, 2.45) is 5.92 Å². The maximum atomic E-state index is 12.9. The zero-order chi connectivity index (χ0) is 20.1. The Kier molecular flexibility index (Phi) is 6.78. The van der Waals surface area contributed by atoms with Gasteiger partial charge in [0.15, 0.2) is 0 Å². The Bertz CT molecular complexity index is 827. The van der Waals surface area contributed by atoms with Gasteiger partial charge in [-0.05, 0) is 56.4 Å². The minimum Gasteiger partial charge on any atom is -0.348 e. The van der Waals surface area contributed by atoms with E-state index in [4.69, 9.17) is 0 Å². The van der Waals surface area contributed by atoms with Crippen LogP contribution in [-0.4, -0.2) is 17.9 Å². The SMILES string of the molecule is Cc1ccc(C)c([C@@H](C)NC(=O)[C@@H](NC(=O)c2ccccc2C)C(C)C)c1. The Hall–Kier alpha value is -2.62. The van der Waals surface area contributed by atoms with Gasteiger partial charge in [0.2, 0.25) is 5.91 Å². The zero-order valence-corrected chi connectivity index (χ0v) is 17.1. The fourth-order valence-corrected chi connectivity index (χ4v) is 3.19. The molecule has 0 heterocycles. The van der Waals surface area contributed by atoms with Gasteiger partial charge in [-0.25, -0.2) is 0 Å². The van der Waals surface area contributed by atoms with Gasteiger partial charge in [0.25, 0.3) is 5.91 Å². The second-order valence-electron chi connectivity index (χ2n) is 7.60. The lowest BCUT2D eigenvalue weighted by molar-refractivity contribution is -0.124. The molecule has 0 radical (unpaired) electrons. The molecule has 2 N–H and O–H groups in total. The third kappa shape index (κ3) is 5.19. The highest BCUT2D eigenvalue weighted by Gasteiger charge is 2.26. The number of carbonyl (C=O) groups excluding carboxylic acids is 2. The Balaban J connectivity index is 2.14. The van der Waals surface area contributed by atoms with Crippen molar-refractivity contribution in [1.29, 1.82) is 0 Å². The molecule has 0 unspecified atom stereocenters. The molecule has 0 saturated heterocycles. The summed E-state index contributed by atoms with van der Waals surface area (Å²) in [7, 11) is 0. The minimum absolute atomic E-state index is 0.0243. The molecule has 2 aromatic carbocycles. The third-order valence-electron chi connectivity index (χ3n) is 4.89. The molecule has 144 valence electrons. The quantitative estimate of drug-likeness (QED) is 0.803. The summed E-state index contributed by atoms with van der Waals surface area (Å²) in [6.45, 7) is 11.8. The number of benzene rings is 2. The molecule has 4 heteroatoms. The van der Waals surface area contributed by atoms with Crippen LogP contribution in [0.2, 0.25) is 0 Å². The van der Waals surface area contributed by atoms with Crippen LogP contribution < -0.4 is 10.6 Å². The lowest BCUT2D eigenvalue weighted by atomic mass is 9.98. The Morgan fingerprint density at radius 3 is 2.15 bits per heavy atom. The number of amides is 2. The number of rotatable bonds is 6. The predicted molar refractivity (Wildman–Crippen MR) is 110 cm³/mol. The molecule has 4 nitrogen and oxygen atoms in total. The molecule has 2 amide bonds. The van der Waals surface area contributed by atoms with Gasteiger partial charge in [-0.3, -0.25) is 9.59 Å². The van der Waals surface area contributed by atoms with E-state index in [1.807, 2.05) is 59.7 Å². The standard InChI is InChI=1S/C23H30N2O2/c1-14(2)21(25-22(26)19-10-8-7-9-16(19)4)23(27)24-18(6)20-13-15(3)11-12-17(20)5/h7-14,18,21H,1-6H3,(H,24,27)(H,25,26)/t18-,21+/m1/s1. The van der Waals surface area contributed by atoms with Crippen LogP contribution in [0.3, 0.4) is 0 Å².